The molecule has 1 aromatic rings. The van der Waals surface area contributed by atoms with E-state index in [0.717, 1.165) is 58.0 Å². The van der Waals surface area contributed by atoms with E-state index in [9.17, 15) is 9.18 Å². The van der Waals surface area contributed by atoms with Crippen molar-refractivity contribution in [3.05, 3.63) is 29.8 Å². The number of para-hydroxylation sites is 1. The largest absolute Gasteiger partial charge is 0.490 e. The minimum atomic E-state index is -1.51. The lowest BCUT2D eigenvalue weighted by atomic mass is 9.65. The standard InChI is InChI=1S/C28H37FN2O3/c29-28(9-10-28)25(32)31-16-26(17-31)8-5-21(13-26)30-11-6-20(7-12-30)23-3-1-2-4-24(23)34-22-14-27(15-22)18-33-19-27/h1-4,20-22H,5-19H2/t21-/m0/s1. The summed E-state index contributed by atoms with van der Waals surface area (Å²) < 4.78 is 26.0. The summed E-state index contributed by atoms with van der Waals surface area (Å²) in [5.74, 6) is 1.43. The Morgan fingerprint density at radius 3 is 2.38 bits per heavy atom. The van der Waals surface area contributed by atoms with Gasteiger partial charge in [-0.3, -0.25) is 4.79 Å². The fourth-order valence-corrected chi connectivity index (χ4v) is 7.59. The van der Waals surface area contributed by atoms with Gasteiger partial charge in [-0.05, 0) is 88.4 Å². The number of ether oxygens (including phenoxy) is 2. The van der Waals surface area contributed by atoms with Gasteiger partial charge in [0.05, 0.1) is 13.2 Å². The van der Waals surface area contributed by atoms with Gasteiger partial charge >= 0.3 is 0 Å². The highest BCUT2D eigenvalue weighted by Crippen LogP contribution is 2.52. The van der Waals surface area contributed by atoms with Crippen molar-refractivity contribution in [1.82, 2.24) is 9.80 Å². The fraction of sp³-hybridized carbons (Fsp3) is 0.750. The number of hydrogen-bond donors (Lipinski definition) is 0. The summed E-state index contributed by atoms with van der Waals surface area (Å²) in [6, 6.07) is 9.33. The second-order valence-corrected chi connectivity index (χ2v) is 12.5. The Kier molecular flexibility index (Phi) is 4.87. The number of piperidine rings is 1. The second kappa shape index (κ2) is 7.67. The third-order valence-electron chi connectivity index (χ3n) is 9.92. The molecule has 2 spiro atoms. The highest BCUT2D eigenvalue weighted by Gasteiger charge is 2.58. The maximum Gasteiger partial charge on any atom is 0.260 e. The van der Waals surface area contributed by atoms with Crippen molar-refractivity contribution in [3.8, 4) is 5.75 Å². The van der Waals surface area contributed by atoms with Crippen LogP contribution in [-0.4, -0.2) is 72.9 Å². The molecule has 0 N–H and O–H groups in total. The summed E-state index contributed by atoms with van der Waals surface area (Å²) in [7, 11) is 0. The predicted octanol–water partition coefficient (Wildman–Crippen LogP) is 4.31. The van der Waals surface area contributed by atoms with E-state index in [-0.39, 0.29) is 11.3 Å². The van der Waals surface area contributed by atoms with Crippen molar-refractivity contribution in [1.29, 1.82) is 0 Å². The van der Waals surface area contributed by atoms with Crippen LogP contribution in [0.1, 0.15) is 69.3 Å². The van der Waals surface area contributed by atoms with Gasteiger partial charge in [-0.2, -0.15) is 0 Å². The number of alkyl halides is 1. The molecular weight excluding hydrogens is 431 g/mol. The monoisotopic (exact) mass is 468 g/mol. The lowest BCUT2D eigenvalue weighted by Crippen LogP contribution is -2.60. The summed E-state index contributed by atoms with van der Waals surface area (Å²) >= 11 is 0. The van der Waals surface area contributed by atoms with Crippen LogP contribution in [0.15, 0.2) is 24.3 Å². The zero-order valence-corrected chi connectivity index (χ0v) is 20.1. The molecule has 0 unspecified atom stereocenters. The van der Waals surface area contributed by atoms with Gasteiger partial charge in [-0.25, -0.2) is 4.39 Å². The van der Waals surface area contributed by atoms with E-state index in [2.05, 4.69) is 29.2 Å². The molecule has 7 rings (SSSR count). The SMILES string of the molecule is O=C(N1CC2(CC[C@H](N3CCC(c4ccccc4OC4CC5(COC5)C4)CC3)C2)C1)C1(F)CC1. The summed E-state index contributed by atoms with van der Waals surface area (Å²) in [5.41, 5.74) is 0.575. The highest BCUT2D eigenvalue weighted by molar-refractivity contribution is 5.88. The summed E-state index contributed by atoms with van der Waals surface area (Å²) in [4.78, 5) is 16.8. The number of benzene rings is 1. The number of carbonyl (C=O) groups excluding carboxylic acids is 1. The van der Waals surface area contributed by atoms with Crippen LogP contribution in [-0.2, 0) is 9.53 Å². The highest BCUT2D eigenvalue weighted by atomic mass is 19.1. The average molecular weight is 469 g/mol. The third-order valence-corrected chi connectivity index (χ3v) is 9.92. The second-order valence-electron chi connectivity index (χ2n) is 12.5. The molecule has 3 saturated heterocycles. The van der Waals surface area contributed by atoms with E-state index in [1.807, 2.05) is 0 Å². The summed E-state index contributed by atoms with van der Waals surface area (Å²) in [6.45, 7) is 5.67. The van der Waals surface area contributed by atoms with Crippen molar-refractivity contribution in [2.24, 2.45) is 10.8 Å². The normalized spacial score (nSPS) is 31.7. The number of hydrogen-bond acceptors (Lipinski definition) is 4. The van der Waals surface area contributed by atoms with Gasteiger partial charge in [-0.15, -0.1) is 0 Å². The molecule has 6 heteroatoms. The lowest BCUT2D eigenvalue weighted by Gasteiger charge is -2.52. The Hall–Kier alpha value is -1.66. The minimum Gasteiger partial charge on any atom is -0.490 e. The molecule has 6 aliphatic rings. The number of likely N-dealkylation sites (tertiary alicyclic amines) is 2. The molecular formula is C28H37FN2O3. The molecule has 184 valence electrons. The van der Waals surface area contributed by atoms with Crippen molar-refractivity contribution >= 4 is 5.91 Å². The van der Waals surface area contributed by atoms with Gasteiger partial charge in [-0.1, -0.05) is 18.2 Å². The predicted molar refractivity (Wildman–Crippen MR) is 127 cm³/mol. The maximum absolute atomic E-state index is 14.1. The van der Waals surface area contributed by atoms with E-state index < -0.39 is 5.67 Å². The van der Waals surface area contributed by atoms with Gasteiger partial charge in [0.1, 0.15) is 11.9 Å². The van der Waals surface area contributed by atoms with Gasteiger partial charge in [0.2, 0.25) is 0 Å². The molecule has 0 bridgehead atoms. The van der Waals surface area contributed by atoms with E-state index >= 15 is 0 Å². The van der Waals surface area contributed by atoms with Crippen LogP contribution in [0.2, 0.25) is 0 Å². The van der Waals surface area contributed by atoms with E-state index in [1.165, 1.54) is 37.7 Å². The van der Waals surface area contributed by atoms with Gasteiger partial charge in [0.25, 0.3) is 5.91 Å². The molecule has 1 atom stereocenters. The quantitative estimate of drug-likeness (QED) is 0.646. The Morgan fingerprint density at radius 2 is 1.71 bits per heavy atom. The first kappa shape index (κ1) is 21.6. The minimum absolute atomic E-state index is 0.235. The Bertz CT molecular complexity index is 952. The van der Waals surface area contributed by atoms with Crippen LogP contribution in [0.3, 0.4) is 0 Å². The van der Waals surface area contributed by atoms with Crippen LogP contribution in [0.25, 0.3) is 0 Å². The van der Waals surface area contributed by atoms with Gasteiger partial charge in [0, 0.05) is 30.0 Å². The van der Waals surface area contributed by atoms with Crippen molar-refractivity contribution in [2.45, 2.75) is 81.5 Å². The Balaban J connectivity index is 0.919. The Morgan fingerprint density at radius 1 is 0.971 bits per heavy atom. The first-order valence-corrected chi connectivity index (χ1v) is 13.5. The molecule has 5 nitrogen and oxygen atoms in total. The van der Waals surface area contributed by atoms with E-state index in [1.54, 1.807) is 4.90 Å². The van der Waals surface area contributed by atoms with Gasteiger partial charge < -0.3 is 19.3 Å². The van der Waals surface area contributed by atoms with Crippen LogP contribution >= 0.6 is 0 Å². The van der Waals surface area contributed by atoms with E-state index in [4.69, 9.17) is 9.47 Å². The van der Waals surface area contributed by atoms with E-state index in [0.29, 0.717) is 36.3 Å². The smallest absolute Gasteiger partial charge is 0.260 e. The molecule has 34 heavy (non-hydrogen) atoms. The topological polar surface area (TPSA) is 42.0 Å². The molecule has 6 fully saturated rings. The molecule has 3 heterocycles. The first-order valence-electron chi connectivity index (χ1n) is 13.5. The number of amides is 1. The molecule has 3 saturated carbocycles. The number of carbonyl (C=O) groups is 1. The van der Waals surface area contributed by atoms with Gasteiger partial charge in [0.15, 0.2) is 5.67 Å². The van der Waals surface area contributed by atoms with Crippen LogP contribution in [0.4, 0.5) is 4.39 Å². The van der Waals surface area contributed by atoms with Crippen LogP contribution in [0.5, 0.6) is 5.75 Å². The molecule has 0 aromatic heterocycles. The van der Waals surface area contributed by atoms with Crippen molar-refractivity contribution in [2.75, 3.05) is 39.4 Å². The van der Waals surface area contributed by atoms with Crippen LogP contribution < -0.4 is 4.74 Å². The molecule has 1 aromatic carbocycles. The van der Waals surface area contributed by atoms with Crippen molar-refractivity contribution < 1.29 is 18.7 Å². The van der Waals surface area contributed by atoms with Crippen molar-refractivity contribution in [3.63, 3.8) is 0 Å². The molecule has 3 aliphatic heterocycles. The zero-order valence-electron chi connectivity index (χ0n) is 20.1. The zero-order chi connectivity index (χ0) is 23.0. The fourth-order valence-electron chi connectivity index (χ4n) is 7.59. The third kappa shape index (κ3) is 3.59. The first-order chi connectivity index (χ1) is 16.5. The number of nitrogens with zero attached hydrogens (tertiary/aromatic N) is 2. The molecule has 3 aliphatic carbocycles. The number of rotatable bonds is 5. The van der Waals surface area contributed by atoms with Crippen LogP contribution in [0, 0.1) is 10.8 Å². The average Bonchev–Trinajstić information content (AvgIpc) is 3.37. The molecule has 1 amide bonds. The summed E-state index contributed by atoms with van der Waals surface area (Å²) in [6.07, 6.45) is 9.43. The summed E-state index contributed by atoms with van der Waals surface area (Å²) in [5, 5.41) is 0. The lowest BCUT2D eigenvalue weighted by molar-refractivity contribution is -0.191. The Labute approximate surface area is 201 Å². The maximum atomic E-state index is 14.1. The number of halogens is 1. The molecule has 0 radical (unpaired) electrons.